The van der Waals surface area contributed by atoms with Crippen LogP contribution in [0.4, 0.5) is 9.18 Å². The molecule has 1 heterocycles. The quantitative estimate of drug-likeness (QED) is 0.734. The van der Waals surface area contributed by atoms with Gasteiger partial charge in [0.1, 0.15) is 16.3 Å². The van der Waals surface area contributed by atoms with Gasteiger partial charge in [0.2, 0.25) is 10.0 Å². The summed E-state index contributed by atoms with van der Waals surface area (Å²) in [5, 5.41) is 0. The number of carbonyl (C=O) groups excluding carboxylic acids is 1. The van der Waals surface area contributed by atoms with Crippen molar-refractivity contribution in [3.8, 4) is 0 Å². The maximum Gasteiger partial charge on any atom is 0.410 e. The van der Waals surface area contributed by atoms with Crippen molar-refractivity contribution < 1.29 is 22.3 Å². The Morgan fingerprint density at radius 1 is 1.21 bits per heavy atom. The number of carbonyl (C=O) groups is 1. The zero-order valence-corrected chi connectivity index (χ0v) is 16.2. The number of rotatable bonds is 2. The standard InChI is InChI=1S/C15H20BrFN2O4S/c1-15(2,3)23-14(20)18-6-8-19(9-7-18)24(21,22)13-10-11(16)4-5-12(13)17/h4-5,10H,6-9H2,1-3H3. The van der Waals surface area contributed by atoms with E-state index in [0.29, 0.717) is 4.47 Å². The van der Waals surface area contributed by atoms with Crippen molar-refractivity contribution in [3.05, 3.63) is 28.5 Å². The van der Waals surface area contributed by atoms with Crippen LogP contribution in [0.1, 0.15) is 20.8 Å². The highest BCUT2D eigenvalue weighted by Gasteiger charge is 2.33. The van der Waals surface area contributed by atoms with Gasteiger partial charge in [-0.1, -0.05) is 15.9 Å². The number of benzene rings is 1. The Morgan fingerprint density at radius 2 is 1.79 bits per heavy atom. The monoisotopic (exact) mass is 422 g/mol. The van der Waals surface area contributed by atoms with Crippen molar-refractivity contribution in [2.45, 2.75) is 31.3 Å². The van der Waals surface area contributed by atoms with Crippen molar-refractivity contribution in [3.63, 3.8) is 0 Å². The molecule has 0 atom stereocenters. The van der Waals surface area contributed by atoms with Gasteiger partial charge in [0.25, 0.3) is 0 Å². The van der Waals surface area contributed by atoms with Crippen LogP contribution in [0.25, 0.3) is 0 Å². The van der Waals surface area contributed by atoms with Crippen LogP contribution in [0.3, 0.4) is 0 Å². The summed E-state index contributed by atoms with van der Waals surface area (Å²) in [6.45, 7) is 5.87. The summed E-state index contributed by atoms with van der Waals surface area (Å²) in [7, 11) is -3.95. The zero-order valence-electron chi connectivity index (χ0n) is 13.8. The summed E-state index contributed by atoms with van der Waals surface area (Å²) in [4.78, 5) is 13.1. The lowest BCUT2D eigenvalue weighted by Gasteiger charge is -2.35. The summed E-state index contributed by atoms with van der Waals surface area (Å²) in [6, 6.07) is 3.79. The summed E-state index contributed by atoms with van der Waals surface area (Å²) in [6.07, 6.45) is -0.479. The number of halogens is 2. The molecule has 0 aliphatic carbocycles. The first kappa shape index (κ1) is 19.1. The third-order valence-corrected chi connectivity index (χ3v) is 5.81. The van der Waals surface area contributed by atoms with E-state index >= 15 is 0 Å². The van der Waals surface area contributed by atoms with Crippen LogP contribution in [0.15, 0.2) is 27.6 Å². The molecule has 1 aliphatic rings. The minimum Gasteiger partial charge on any atom is -0.444 e. The van der Waals surface area contributed by atoms with E-state index < -0.39 is 27.5 Å². The molecule has 1 aromatic rings. The van der Waals surface area contributed by atoms with E-state index in [1.807, 2.05) is 0 Å². The Morgan fingerprint density at radius 3 is 2.33 bits per heavy atom. The second kappa shape index (κ2) is 6.97. The molecular formula is C15H20BrFN2O4S. The Hall–Kier alpha value is -1.19. The first-order chi connectivity index (χ1) is 11.0. The summed E-state index contributed by atoms with van der Waals surface area (Å²) < 4.78 is 46.0. The maximum absolute atomic E-state index is 13.9. The fraction of sp³-hybridized carbons (Fsp3) is 0.533. The molecule has 0 N–H and O–H groups in total. The van der Waals surface area contributed by atoms with Gasteiger partial charge in [-0.15, -0.1) is 0 Å². The average Bonchev–Trinajstić information content (AvgIpc) is 2.48. The van der Waals surface area contributed by atoms with Crippen molar-refractivity contribution in [1.29, 1.82) is 0 Å². The molecular weight excluding hydrogens is 403 g/mol. The zero-order chi connectivity index (χ0) is 18.1. The van der Waals surface area contributed by atoms with E-state index in [4.69, 9.17) is 4.74 Å². The normalized spacial score (nSPS) is 17.0. The maximum atomic E-state index is 13.9. The molecule has 134 valence electrons. The molecule has 0 radical (unpaired) electrons. The predicted molar refractivity (Wildman–Crippen MR) is 90.7 cm³/mol. The topological polar surface area (TPSA) is 66.9 Å². The molecule has 0 saturated carbocycles. The summed E-state index contributed by atoms with van der Waals surface area (Å²) in [5.41, 5.74) is -0.611. The number of amides is 1. The van der Waals surface area contributed by atoms with Gasteiger partial charge in [-0.05, 0) is 39.0 Å². The van der Waals surface area contributed by atoms with E-state index in [-0.39, 0.29) is 31.1 Å². The molecule has 1 aliphatic heterocycles. The number of hydrogen-bond donors (Lipinski definition) is 0. The molecule has 0 unspecified atom stereocenters. The SMILES string of the molecule is CC(C)(C)OC(=O)N1CCN(S(=O)(=O)c2cc(Br)ccc2F)CC1. The van der Waals surface area contributed by atoms with Gasteiger partial charge in [0, 0.05) is 30.7 Å². The molecule has 1 aromatic carbocycles. The molecule has 9 heteroatoms. The van der Waals surface area contributed by atoms with Crippen LogP contribution in [0, 0.1) is 5.82 Å². The van der Waals surface area contributed by atoms with Gasteiger partial charge in [0.15, 0.2) is 0 Å². The molecule has 0 aromatic heterocycles. The molecule has 2 rings (SSSR count). The fourth-order valence-corrected chi connectivity index (χ4v) is 4.28. The van der Waals surface area contributed by atoms with E-state index in [9.17, 15) is 17.6 Å². The molecule has 1 amide bonds. The van der Waals surface area contributed by atoms with Crippen molar-refractivity contribution in [2.24, 2.45) is 0 Å². The highest BCUT2D eigenvalue weighted by Crippen LogP contribution is 2.24. The molecule has 1 fully saturated rings. The molecule has 0 bridgehead atoms. The third-order valence-electron chi connectivity index (χ3n) is 3.40. The van der Waals surface area contributed by atoms with Crippen molar-refractivity contribution >= 4 is 32.0 Å². The fourth-order valence-electron chi connectivity index (χ4n) is 2.25. The van der Waals surface area contributed by atoms with Crippen molar-refractivity contribution in [1.82, 2.24) is 9.21 Å². The summed E-state index contributed by atoms with van der Waals surface area (Å²) in [5.74, 6) is -0.798. The Balaban J connectivity index is 2.09. The number of hydrogen-bond acceptors (Lipinski definition) is 4. The minimum absolute atomic E-state index is 0.0908. The lowest BCUT2D eigenvalue weighted by molar-refractivity contribution is 0.0192. The van der Waals surface area contributed by atoms with Gasteiger partial charge < -0.3 is 9.64 Å². The highest BCUT2D eigenvalue weighted by molar-refractivity contribution is 9.10. The number of sulfonamides is 1. The average molecular weight is 423 g/mol. The Labute approximate surface area is 149 Å². The number of piperazine rings is 1. The first-order valence-electron chi connectivity index (χ1n) is 7.44. The largest absolute Gasteiger partial charge is 0.444 e. The molecule has 24 heavy (non-hydrogen) atoms. The van der Waals surface area contributed by atoms with Crippen LogP contribution in [-0.4, -0.2) is 55.5 Å². The van der Waals surface area contributed by atoms with Gasteiger partial charge in [-0.3, -0.25) is 0 Å². The first-order valence-corrected chi connectivity index (χ1v) is 9.67. The lowest BCUT2D eigenvalue weighted by atomic mass is 10.2. The van der Waals surface area contributed by atoms with E-state index in [1.165, 1.54) is 21.3 Å². The predicted octanol–water partition coefficient (Wildman–Crippen LogP) is 2.83. The molecule has 0 spiro atoms. The highest BCUT2D eigenvalue weighted by atomic mass is 79.9. The molecule has 6 nitrogen and oxygen atoms in total. The number of ether oxygens (including phenoxy) is 1. The van der Waals surface area contributed by atoms with Gasteiger partial charge >= 0.3 is 6.09 Å². The smallest absolute Gasteiger partial charge is 0.410 e. The van der Waals surface area contributed by atoms with Crippen LogP contribution in [-0.2, 0) is 14.8 Å². The van der Waals surface area contributed by atoms with Crippen LogP contribution in [0.5, 0.6) is 0 Å². The van der Waals surface area contributed by atoms with E-state index in [1.54, 1.807) is 20.8 Å². The Kier molecular flexibility index (Phi) is 5.56. The second-order valence-electron chi connectivity index (χ2n) is 6.45. The third kappa shape index (κ3) is 4.46. The lowest BCUT2D eigenvalue weighted by Crippen LogP contribution is -2.51. The van der Waals surface area contributed by atoms with Crippen LogP contribution >= 0.6 is 15.9 Å². The number of nitrogens with zero attached hydrogens (tertiary/aromatic N) is 2. The van der Waals surface area contributed by atoms with Crippen molar-refractivity contribution in [2.75, 3.05) is 26.2 Å². The van der Waals surface area contributed by atoms with Crippen LogP contribution < -0.4 is 0 Å². The second-order valence-corrected chi connectivity index (χ2v) is 9.27. The summed E-state index contributed by atoms with van der Waals surface area (Å²) >= 11 is 3.15. The van der Waals surface area contributed by atoms with E-state index in [2.05, 4.69) is 15.9 Å². The van der Waals surface area contributed by atoms with Gasteiger partial charge in [-0.2, -0.15) is 4.31 Å². The Bertz CT molecular complexity index is 725. The van der Waals surface area contributed by atoms with E-state index in [0.717, 1.165) is 6.07 Å². The van der Waals surface area contributed by atoms with Gasteiger partial charge in [-0.25, -0.2) is 17.6 Å². The van der Waals surface area contributed by atoms with Gasteiger partial charge in [0.05, 0.1) is 0 Å². The molecule has 1 saturated heterocycles. The minimum atomic E-state index is -3.95. The van der Waals surface area contributed by atoms with Crippen LogP contribution in [0.2, 0.25) is 0 Å².